The van der Waals surface area contributed by atoms with Gasteiger partial charge in [-0.25, -0.2) is 29.9 Å². The van der Waals surface area contributed by atoms with Gasteiger partial charge >= 0.3 is 0 Å². The van der Waals surface area contributed by atoms with Crippen molar-refractivity contribution in [2.24, 2.45) is 11.8 Å². The number of nitrogens with one attached hydrogen (secondary N) is 4. The fourth-order valence-electron chi connectivity index (χ4n) is 8.62. The molecule has 2 aliphatic heterocycles. The molecule has 2 aliphatic carbocycles. The van der Waals surface area contributed by atoms with Crippen LogP contribution >= 0.6 is 0 Å². The minimum Gasteiger partial charge on any atom is -0.342 e. The van der Waals surface area contributed by atoms with E-state index in [0.29, 0.717) is 36.8 Å². The number of hydrogen-bond donors (Lipinski definition) is 4. The Morgan fingerprint density at radius 1 is 0.534 bits per heavy atom. The standard InChI is InChI=1S/C44H46N12O2/c57-41(37(31-15-16-31)53-43-45-19-3-20-46-43)55-23-1-5-35(55)39-49-25-33(51-39)29-11-7-27(8-12-29)28-9-13-30(14-10-28)34-26-50-40(52-34)36-6-2-24-56(36)42(58)38(32-17-18-32)54-44-47-21-4-22-48-44/h3-4,7-14,19-22,25-26,31-32,35-38H,1-2,5-6,15-18,23-24H2,(H,49,51)(H,50,52)(H,45,46,53)(H,47,48,54). The summed E-state index contributed by atoms with van der Waals surface area (Å²) in [4.78, 5) is 65.6. The molecule has 0 spiro atoms. The van der Waals surface area contributed by atoms with Crippen LogP contribution in [0.25, 0.3) is 33.6 Å². The van der Waals surface area contributed by atoms with Crippen LogP contribution in [0.1, 0.15) is 75.1 Å². The summed E-state index contributed by atoms with van der Waals surface area (Å²) in [5.41, 5.74) is 6.12. The van der Waals surface area contributed by atoms with Crippen molar-refractivity contribution >= 4 is 23.7 Å². The molecule has 2 saturated heterocycles. The predicted octanol–water partition coefficient (Wildman–Crippen LogP) is 6.82. The molecule has 4 aromatic heterocycles. The summed E-state index contributed by atoms with van der Waals surface area (Å²) in [6, 6.07) is 19.6. The zero-order valence-corrected chi connectivity index (χ0v) is 32.2. The van der Waals surface area contributed by atoms with Gasteiger partial charge in [0, 0.05) is 37.9 Å². The van der Waals surface area contributed by atoms with Crippen molar-refractivity contribution in [2.75, 3.05) is 23.7 Å². The third-order valence-corrected chi connectivity index (χ3v) is 12.0. The van der Waals surface area contributed by atoms with Gasteiger partial charge in [0.2, 0.25) is 23.7 Å². The van der Waals surface area contributed by atoms with Gasteiger partial charge in [-0.1, -0.05) is 48.5 Å². The van der Waals surface area contributed by atoms with Crippen LogP contribution in [0.4, 0.5) is 11.9 Å². The predicted molar refractivity (Wildman–Crippen MR) is 219 cm³/mol. The number of H-pyrrole nitrogens is 2. The van der Waals surface area contributed by atoms with Gasteiger partial charge in [-0.05, 0) is 97.6 Å². The highest BCUT2D eigenvalue weighted by Gasteiger charge is 2.44. The maximum atomic E-state index is 13.9. The van der Waals surface area contributed by atoms with Crippen LogP contribution in [0.3, 0.4) is 0 Å². The molecule has 6 heterocycles. The Morgan fingerprint density at radius 3 is 1.29 bits per heavy atom. The largest absolute Gasteiger partial charge is 0.342 e. The Bertz CT molecular complexity index is 2190. The molecule has 4 fully saturated rings. The van der Waals surface area contributed by atoms with E-state index < -0.39 is 0 Å². The van der Waals surface area contributed by atoms with E-state index in [-0.39, 0.29) is 36.0 Å². The number of rotatable bonds is 13. The molecule has 6 aromatic rings. The highest BCUT2D eigenvalue weighted by Crippen LogP contribution is 2.40. The van der Waals surface area contributed by atoms with Gasteiger partial charge in [0.1, 0.15) is 23.7 Å². The summed E-state index contributed by atoms with van der Waals surface area (Å²) < 4.78 is 0. The molecular weight excluding hydrogens is 729 g/mol. The van der Waals surface area contributed by atoms with Gasteiger partial charge in [-0.2, -0.15) is 0 Å². The highest BCUT2D eigenvalue weighted by molar-refractivity contribution is 5.86. The van der Waals surface area contributed by atoms with Crippen LogP contribution in [0.2, 0.25) is 0 Å². The lowest BCUT2D eigenvalue weighted by molar-refractivity contribution is -0.134. The van der Waals surface area contributed by atoms with Gasteiger partial charge < -0.3 is 30.4 Å². The second kappa shape index (κ2) is 15.5. The molecule has 58 heavy (non-hydrogen) atoms. The van der Waals surface area contributed by atoms with Crippen LogP contribution in [0.15, 0.2) is 97.8 Å². The Morgan fingerprint density at radius 2 is 0.914 bits per heavy atom. The fourth-order valence-corrected chi connectivity index (χ4v) is 8.62. The third kappa shape index (κ3) is 7.41. The number of anilines is 2. The van der Waals surface area contributed by atoms with Gasteiger partial charge in [-0.3, -0.25) is 9.59 Å². The number of hydrogen-bond acceptors (Lipinski definition) is 10. The van der Waals surface area contributed by atoms with Crippen molar-refractivity contribution in [1.82, 2.24) is 49.7 Å². The number of nitrogens with zero attached hydrogens (tertiary/aromatic N) is 8. The number of amides is 2. The first-order valence-corrected chi connectivity index (χ1v) is 20.5. The molecule has 4 aliphatic rings. The SMILES string of the molecule is O=C(C(Nc1ncccn1)C1CC1)N1CCCC1c1ncc(-c2ccc(-c3ccc(-c4cnc(C5CCCN5C(=O)C(Nc5ncccn5)C5CC5)[nH]4)cc3)cc2)[nH]1. The molecular formula is C44H46N12O2. The molecule has 10 rings (SSSR count). The first-order valence-electron chi connectivity index (χ1n) is 20.5. The van der Waals surface area contributed by atoms with Crippen molar-refractivity contribution in [1.29, 1.82) is 0 Å². The van der Waals surface area contributed by atoms with Gasteiger partial charge in [0.15, 0.2) is 0 Å². The summed E-state index contributed by atoms with van der Waals surface area (Å²) in [5, 5.41) is 6.63. The smallest absolute Gasteiger partial charge is 0.246 e. The molecule has 0 radical (unpaired) electrons. The summed E-state index contributed by atoms with van der Waals surface area (Å²) in [6.45, 7) is 1.42. The second-order valence-electron chi connectivity index (χ2n) is 16.0. The van der Waals surface area contributed by atoms with E-state index in [1.54, 1.807) is 36.9 Å². The molecule has 14 heteroatoms. The minimum absolute atomic E-state index is 0.0942. The van der Waals surface area contributed by atoms with Gasteiger partial charge in [-0.15, -0.1) is 0 Å². The highest BCUT2D eigenvalue weighted by atomic mass is 16.2. The number of carbonyl (C=O) groups excluding carboxylic acids is 2. The van der Waals surface area contributed by atoms with Crippen molar-refractivity contribution in [2.45, 2.75) is 75.5 Å². The first kappa shape index (κ1) is 35.9. The summed E-state index contributed by atoms with van der Waals surface area (Å²) in [5.74, 6) is 3.40. The number of carbonyl (C=O) groups is 2. The molecule has 294 valence electrons. The quantitative estimate of drug-likeness (QED) is 0.0975. The van der Waals surface area contributed by atoms with Crippen molar-refractivity contribution < 1.29 is 9.59 Å². The maximum Gasteiger partial charge on any atom is 0.246 e. The monoisotopic (exact) mass is 774 g/mol. The molecule has 14 nitrogen and oxygen atoms in total. The van der Waals surface area contributed by atoms with Crippen LogP contribution in [-0.4, -0.2) is 86.7 Å². The fraction of sp³-hybridized carbons (Fsp3) is 0.364. The minimum atomic E-state index is -0.333. The maximum absolute atomic E-state index is 13.9. The van der Waals surface area contributed by atoms with E-state index in [1.807, 2.05) is 22.2 Å². The lowest BCUT2D eigenvalue weighted by Crippen LogP contribution is -2.44. The average molecular weight is 775 g/mol. The average Bonchev–Trinajstić information content (AvgIpc) is 3.99. The lowest BCUT2D eigenvalue weighted by Gasteiger charge is -2.28. The van der Waals surface area contributed by atoms with Crippen LogP contribution in [0, 0.1) is 11.8 Å². The molecule has 2 amide bonds. The van der Waals surface area contributed by atoms with E-state index in [0.717, 1.165) is 96.7 Å². The van der Waals surface area contributed by atoms with Crippen LogP contribution in [-0.2, 0) is 9.59 Å². The number of benzene rings is 2. The number of likely N-dealkylation sites (tertiary alicyclic amines) is 2. The molecule has 0 bridgehead atoms. The summed E-state index contributed by atoms with van der Waals surface area (Å²) in [6.07, 6.45) is 18.2. The van der Waals surface area contributed by atoms with E-state index in [4.69, 9.17) is 9.97 Å². The van der Waals surface area contributed by atoms with E-state index >= 15 is 0 Å². The molecule has 4 unspecified atom stereocenters. The number of aromatic nitrogens is 8. The Kier molecular flexibility index (Phi) is 9.59. The summed E-state index contributed by atoms with van der Waals surface area (Å²) in [7, 11) is 0. The van der Waals surface area contributed by atoms with Crippen LogP contribution in [0.5, 0.6) is 0 Å². The molecule has 4 N–H and O–H groups in total. The Hall–Kier alpha value is -6.44. The van der Waals surface area contributed by atoms with Crippen molar-refractivity contribution in [3.8, 4) is 33.6 Å². The van der Waals surface area contributed by atoms with Gasteiger partial charge in [0.25, 0.3) is 0 Å². The topological polar surface area (TPSA) is 174 Å². The van der Waals surface area contributed by atoms with E-state index in [1.165, 1.54) is 0 Å². The summed E-state index contributed by atoms with van der Waals surface area (Å²) >= 11 is 0. The molecule has 2 saturated carbocycles. The zero-order valence-electron chi connectivity index (χ0n) is 32.2. The normalized spacial score (nSPS) is 20.2. The van der Waals surface area contributed by atoms with Crippen molar-refractivity contribution in [3.05, 3.63) is 109 Å². The molecule has 2 aromatic carbocycles. The number of imidazole rings is 2. The van der Waals surface area contributed by atoms with Gasteiger partial charge in [0.05, 0.1) is 35.9 Å². The lowest BCUT2D eigenvalue weighted by atomic mass is 10.0. The zero-order chi connectivity index (χ0) is 39.0. The second-order valence-corrected chi connectivity index (χ2v) is 16.0. The number of aromatic amines is 2. The first-order chi connectivity index (χ1) is 28.6. The van der Waals surface area contributed by atoms with E-state index in [2.05, 4.69) is 89.1 Å². The van der Waals surface area contributed by atoms with E-state index in [9.17, 15) is 9.59 Å². The van der Waals surface area contributed by atoms with Crippen LogP contribution < -0.4 is 10.6 Å². The molecule has 4 atom stereocenters. The van der Waals surface area contributed by atoms with Crippen molar-refractivity contribution in [3.63, 3.8) is 0 Å². The third-order valence-electron chi connectivity index (χ3n) is 12.0. The Balaban J connectivity index is 0.786. The Labute approximate surface area is 336 Å².